The highest BCUT2D eigenvalue weighted by Crippen LogP contribution is 2.31. The molecule has 1 unspecified atom stereocenters. The largest absolute Gasteiger partial charge is 0.495 e. The lowest BCUT2D eigenvalue weighted by molar-refractivity contribution is 0.414. The Bertz CT molecular complexity index is 586. The predicted molar refractivity (Wildman–Crippen MR) is 91.7 cm³/mol. The van der Waals surface area contributed by atoms with Gasteiger partial charge in [0.1, 0.15) is 5.75 Å². The topological polar surface area (TPSA) is 21.3 Å². The van der Waals surface area contributed by atoms with E-state index in [-0.39, 0.29) is 6.04 Å². The number of rotatable bonds is 6. The number of halogens is 1. The zero-order chi connectivity index (χ0) is 15.2. The van der Waals surface area contributed by atoms with Crippen LogP contribution >= 0.6 is 23.4 Å². The number of hydrogen-bond acceptors (Lipinski definition) is 3. The second kappa shape index (κ2) is 7.74. The van der Waals surface area contributed by atoms with Gasteiger partial charge in [-0.1, -0.05) is 36.7 Å². The second-order valence-electron chi connectivity index (χ2n) is 4.66. The van der Waals surface area contributed by atoms with Gasteiger partial charge in [0.2, 0.25) is 0 Å². The molecule has 0 aliphatic heterocycles. The highest BCUT2D eigenvalue weighted by atomic mass is 35.5. The maximum atomic E-state index is 6.25. The van der Waals surface area contributed by atoms with E-state index < -0.39 is 0 Å². The van der Waals surface area contributed by atoms with E-state index in [1.807, 2.05) is 12.1 Å². The van der Waals surface area contributed by atoms with Crippen LogP contribution in [0.25, 0.3) is 0 Å². The summed E-state index contributed by atoms with van der Waals surface area (Å²) < 4.78 is 5.22. The van der Waals surface area contributed by atoms with Gasteiger partial charge in [-0.25, -0.2) is 0 Å². The molecule has 1 atom stereocenters. The molecule has 0 amide bonds. The Labute approximate surface area is 135 Å². The van der Waals surface area contributed by atoms with E-state index in [4.69, 9.17) is 16.3 Å². The zero-order valence-electron chi connectivity index (χ0n) is 12.5. The van der Waals surface area contributed by atoms with Gasteiger partial charge in [-0.2, -0.15) is 0 Å². The molecule has 0 bridgehead atoms. The fourth-order valence-electron chi connectivity index (χ4n) is 2.29. The first-order chi connectivity index (χ1) is 10.2. The van der Waals surface area contributed by atoms with Crippen molar-refractivity contribution in [2.45, 2.75) is 17.9 Å². The molecular weight excluding hydrogens is 302 g/mol. The Morgan fingerprint density at radius 3 is 2.33 bits per heavy atom. The summed E-state index contributed by atoms with van der Waals surface area (Å²) in [4.78, 5) is 1.27. The van der Waals surface area contributed by atoms with Gasteiger partial charge in [-0.05, 0) is 48.2 Å². The van der Waals surface area contributed by atoms with Gasteiger partial charge < -0.3 is 10.1 Å². The SMILES string of the molecule is CCNC(c1ccc(SC)cc1)c1ccc(OC)c(Cl)c1. The molecule has 0 saturated carbocycles. The van der Waals surface area contributed by atoms with Crippen molar-refractivity contribution in [3.63, 3.8) is 0 Å². The molecule has 0 aliphatic rings. The van der Waals surface area contributed by atoms with Crippen molar-refractivity contribution in [1.82, 2.24) is 5.32 Å². The van der Waals surface area contributed by atoms with E-state index in [0.717, 1.165) is 12.1 Å². The number of ether oxygens (including phenoxy) is 1. The van der Waals surface area contributed by atoms with Crippen molar-refractivity contribution in [3.05, 3.63) is 58.6 Å². The smallest absolute Gasteiger partial charge is 0.137 e. The average Bonchev–Trinajstić information content (AvgIpc) is 2.52. The van der Waals surface area contributed by atoms with E-state index in [1.165, 1.54) is 10.5 Å². The highest BCUT2D eigenvalue weighted by Gasteiger charge is 2.14. The van der Waals surface area contributed by atoms with Gasteiger partial charge in [0.05, 0.1) is 18.2 Å². The quantitative estimate of drug-likeness (QED) is 0.774. The summed E-state index contributed by atoms with van der Waals surface area (Å²) in [6.07, 6.45) is 2.08. The minimum Gasteiger partial charge on any atom is -0.495 e. The molecule has 2 rings (SSSR count). The maximum absolute atomic E-state index is 6.25. The Balaban J connectivity index is 2.35. The summed E-state index contributed by atoms with van der Waals surface area (Å²) in [5.74, 6) is 0.702. The summed E-state index contributed by atoms with van der Waals surface area (Å²) in [5, 5.41) is 4.15. The number of thioether (sulfide) groups is 1. The van der Waals surface area contributed by atoms with Crippen LogP contribution in [0.15, 0.2) is 47.4 Å². The third kappa shape index (κ3) is 3.94. The van der Waals surface area contributed by atoms with Crippen LogP contribution in [-0.4, -0.2) is 19.9 Å². The summed E-state index contributed by atoms with van der Waals surface area (Å²) >= 11 is 8.00. The number of methoxy groups -OCH3 is 1. The molecule has 0 fully saturated rings. The zero-order valence-corrected chi connectivity index (χ0v) is 14.1. The van der Waals surface area contributed by atoms with Crippen LogP contribution < -0.4 is 10.1 Å². The van der Waals surface area contributed by atoms with Crippen molar-refractivity contribution in [1.29, 1.82) is 0 Å². The first-order valence-electron chi connectivity index (χ1n) is 6.90. The first-order valence-corrected chi connectivity index (χ1v) is 8.50. The Morgan fingerprint density at radius 2 is 1.81 bits per heavy atom. The fourth-order valence-corrected chi connectivity index (χ4v) is 2.97. The van der Waals surface area contributed by atoms with Crippen LogP contribution in [0, 0.1) is 0 Å². The summed E-state index contributed by atoms with van der Waals surface area (Å²) in [7, 11) is 1.63. The summed E-state index contributed by atoms with van der Waals surface area (Å²) in [6, 6.07) is 14.7. The van der Waals surface area contributed by atoms with Gasteiger partial charge in [0.25, 0.3) is 0 Å². The van der Waals surface area contributed by atoms with E-state index in [2.05, 4.69) is 48.8 Å². The lowest BCUT2D eigenvalue weighted by Crippen LogP contribution is -2.21. The van der Waals surface area contributed by atoms with Crippen molar-refractivity contribution >= 4 is 23.4 Å². The van der Waals surface area contributed by atoms with E-state index in [0.29, 0.717) is 10.8 Å². The van der Waals surface area contributed by atoms with Crippen LogP contribution in [0.4, 0.5) is 0 Å². The standard InChI is InChI=1S/C17H20ClNOS/c1-4-19-17(12-5-8-14(21-3)9-6-12)13-7-10-16(20-2)15(18)11-13/h5-11,17,19H,4H2,1-3H3. The second-order valence-corrected chi connectivity index (χ2v) is 5.94. The third-order valence-electron chi connectivity index (χ3n) is 3.37. The van der Waals surface area contributed by atoms with Crippen molar-refractivity contribution in [2.75, 3.05) is 19.9 Å². The highest BCUT2D eigenvalue weighted by molar-refractivity contribution is 7.98. The maximum Gasteiger partial charge on any atom is 0.137 e. The Kier molecular flexibility index (Phi) is 5.97. The van der Waals surface area contributed by atoms with Crippen LogP contribution in [0.1, 0.15) is 24.1 Å². The predicted octanol–water partition coefficient (Wildman–Crippen LogP) is 4.77. The number of nitrogens with one attached hydrogen (secondary N) is 1. The molecule has 0 saturated heterocycles. The lowest BCUT2D eigenvalue weighted by atomic mass is 9.98. The summed E-state index contributed by atoms with van der Waals surface area (Å²) in [6.45, 7) is 2.99. The van der Waals surface area contributed by atoms with Gasteiger partial charge in [0.15, 0.2) is 0 Å². The van der Waals surface area contributed by atoms with Crippen molar-refractivity contribution in [2.24, 2.45) is 0 Å². The molecule has 0 radical (unpaired) electrons. The monoisotopic (exact) mass is 321 g/mol. The van der Waals surface area contributed by atoms with Gasteiger partial charge in [0, 0.05) is 4.90 Å². The molecule has 2 aromatic carbocycles. The molecule has 2 nitrogen and oxygen atoms in total. The van der Waals surface area contributed by atoms with Crippen LogP contribution in [0.5, 0.6) is 5.75 Å². The van der Waals surface area contributed by atoms with Crippen molar-refractivity contribution in [3.8, 4) is 5.75 Å². The Morgan fingerprint density at radius 1 is 1.14 bits per heavy atom. The Hall–Kier alpha value is -1.16. The number of benzene rings is 2. The van der Waals surface area contributed by atoms with E-state index in [9.17, 15) is 0 Å². The first kappa shape index (κ1) is 16.2. The van der Waals surface area contributed by atoms with Crippen molar-refractivity contribution < 1.29 is 4.74 Å². The van der Waals surface area contributed by atoms with Crippen LogP contribution in [0.3, 0.4) is 0 Å². The van der Waals surface area contributed by atoms with Crippen LogP contribution in [0.2, 0.25) is 5.02 Å². The van der Waals surface area contributed by atoms with Gasteiger partial charge in [-0.15, -0.1) is 11.8 Å². The minimum atomic E-state index is 0.134. The molecule has 4 heteroatoms. The molecule has 0 aliphatic carbocycles. The molecular formula is C17H20ClNOS. The molecule has 1 N–H and O–H groups in total. The molecule has 2 aromatic rings. The molecule has 0 heterocycles. The van der Waals surface area contributed by atoms with Gasteiger partial charge >= 0.3 is 0 Å². The van der Waals surface area contributed by atoms with E-state index >= 15 is 0 Å². The minimum absolute atomic E-state index is 0.134. The molecule has 0 aromatic heterocycles. The normalized spacial score (nSPS) is 12.2. The molecule has 21 heavy (non-hydrogen) atoms. The average molecular weight is 322 g/mol. The lowest BCUT2D eigenvalue weighted by Gasteiger charge is -2.20. The van der Waals surface area contributed by atoms with E-state index in [1.54, 1.807) is 18.9 Å². The van der Waals surface area contributed by atoms with Gasteiger partial charge in [-0.3, -0.25) is 0 Å². The van der Waals surface area contributed by atoms with Crippen LogP contribution in [-0.2, 0) is 0 Å². The third-order valence-corrected chi connectivity index (χ3v) is 4.41. The molecule has 0 spiro atoms. The number of hydrogen-bond donors (Lipinski definition) is 1. The summed E-state index contributed by atoms with van der Waals surface area (Å²) in [5.41, 5.74) is 2.37. The fraction of sp³-hybridized carbons (Fsp3) is 0.294. The molecule has 112 valence electrons.